The van der Waals surface area contributed by atoms with E-state index in [4.69, 9.17) is 11.6 Å². The first-order valence-electron chi connectivity index (χ1n) is 6.75. The zero-order valence-corrected chi connectivity index (χ0v) is 12.6. The van der Waals surface area contributed by atoms with Gasteiger partial charge in [-0.25, -0.2) is 0 Å². The average Bonchev–Trinajstić information content (AvgIpc) is 3.07. The Morgan fingerprint density at radius 3 is 3.00 bits per heavy atom. The Morgan fingerprint density at radius 1 is 1.38 bits per heavy atom. The quantitative estimate of drug-likeness (QED) is 0.557. The molecule has 0 radical (unpaired) electrons. The van der Waals surface area contributed by atoms with E-state index in [1.807, 2.05) is 20.0 Å². The zero-order valence-electron chi connectivity index (χ0n) is 11.9. The van der Waals surface area contributed by atoms with E-state index in [0.29, 0.717) is 10.9 Å². The summed E-state index contributed by atoms with van der Waals surface area (Å²) in [6.45, 7) is 4.75. The molecule has 21 heavy (non-hydrogen) atoms. The maximum absolute atomic E-state index is 6.12. The molecule has 0 amide bonds. The third-order valence-corrected chi connectivity index (χ3v) is 3.82. The third-order valence-electron chi connectivity index (χ3n) is 3.45. The molecule has 0 aromatic carbocycles. The Hall–Kier alpha value is -2.15. The van der Waals surface area contributed by atoms with Gasteiger partial charge in [0.05, 0.1) is 6.20 Å². The lowest BCUT2D eigenvalue weighted by Crippen LogP contribution is -2.10. The summed E-state index contributed by atoms with van der Waals surface area (Å²) in [5.41, 5.74) is 3.23. The van der Waals surface area contributed by atoms with E-state index in [-0.39, 0.29) is 0 Å². The van der Waals surface area contributed by atoms with E-state index in [0.717, 1.165) is 36.5 Å². The first-order chi connectivity index (χ1) is 10.2. The number of H-pyrrole nitrogens is 1. The minimum atomic E-state index is 0.448. The van der Waals surface area contributed by atoms with Crippen LogP contribution in [0.1, 0.15) is 23.2 Å². The smallest absolute Gasteiger partial charge is 0.255 e. The molecular weight excluding hydrogens is 290 g/mol. The highest BCUT2D eigenvalue weighted by molar-refractivity contribution is 6.30. The molecule has 3 rings (SSSR count). The molecular formula is C13H16ClN7. The third kappa shape index (κ3) is 2.69. The summed E-state index contributed by atoms with van der Waals surface area (Å²) < 4.78 is 1.67. The first-order valence-corrected chi connectivity index (χ1v) is 7.13. The van der Waals surface area contributed by atoms with Gasteiger partial charge in [0, 0.05) is 17.8 Å². The molecule has 0 unspecified atom stereocenters. The van der Waals surface area contributed by atoms with Gasteiger partial charge >= 0.3 is 0 Å². The number of aromatic amines is 1. The lowest BCUT2D eigenvalue weighted by atomic mass is 10.1. The van der Waals surface area contributed by atoms with E-state index in [1.165, 1.54) is 11.9 Å². The van der Waals surface area contributed by atoms with Gasteiger partial charge in [-0.2, -0.15) is 24.7 Å². The summed E-state index contributed by atoms with van der Waals surface area (Å²) in [7, 11) is 0. The fourth-order valence-corrected chi connectivity index (χ4v) is 2.38. The van der Waals surface area contributed by atoms with Crippen LogP contribution < -0.4 is 5.32 Å². The molecule has 7 nitrogen and oxygen atoms in total. The van der Waals surface area contributed by atoms with Gasteiger partial charge in [-0.05, 0) is 32.3 Å². The number of aryl methyl sites for hydroxylation is 2. The molecule has 0 atom stereocenters. The highest BCUT2D eigenvalue weighted by Crippen LogP contribution is 2.22. The van der Waals surface area contributed by atoms with Gasteiger partial charge in [0.2, 0.25) is 0 Å². The Kier molecular flexibility index (Phi) is 3.74. The highest BCUT2D eigenvalue weighted by atomic mass is 35.5. The predicted molar refractivity (Wildman–Crippen MR) is 80.7 cm³/mol. The molecule has 3 aromatic rings. The van der Waals surface area contributed by atoms with Crippen molar-refractivity contribution in [2.24, 2.45) is 0 Å². The molecule has 3 aromatic heterocycles. The molecule has 0 bridgehead atoms. The summed E-state index contributed by atoms with van der Waals surface area (Å²) in [6.07, 6.45) is 5.29. The molecule has 0 aliphatic heterocycles. The van der Waals surface area contributed by atoms with Crippen molar-refractivity contribution < 1.29 is 0 Å². The van der Waals surface area contributed by atoms with Crippen LogP contribution >= 0.6 is 11.6 Å². The monoisotopic (exact) mass is 305 g/mol. The summed E-state index contributed by atoms with van der Waals surface area (Å²) in [5, 5.41) is 15.0. The average molecular weight is 306 g/mol. The minimum absolute atomic E-state index is 0.448. The second kappa shape index (κ2) is 5.69. The molecule has 0 aliphatic rings. The molecule has 2 N–H and O–H groups in total. The number of nitrogens with one attached hydrogen (secondary N) is 2. The van der Waals surface area contributed by atoms with Gasteiger partial charge < -0.3 is 5.32 Å². The van der Waals surface area contributed by atoms with Crippen LogP contribution in [0.15, 0.2) is 12.5 Å². The fourth-order valence-electron chi connectivity index (χ4n) is 2.22. The Bertz CT molecular complexity index is 761. The largest absolute Gasteiger partial charge is 0.370 e. The Morgan fingerprint density at radius 2 is 2.24 bits per heavy atom. The van der Waals surface area contributed by atoms with E-state index in [9.17, 15) is 0 Å². The van der Waals surface area contributed by atoms with Gasteiger partial charge in [-0.1, -0.05) is 11.6 Å². The van der Waals surface area contributed by atoms with Crippen molar-refractivity contribution in [3.63, 3.8) is 0 Å². The van der Waals surface area contributed by atoms with Gasteiger partial charge in [0.15, 0.2) is 0 Å². The number of rotatable bonds is 5. The van der Waals surface area contributed by atoms with Crippen molar-refractivity contribution in [3.8, 4) is 0 Å². The Labute approximate surface area is 126 Å². The van der Waals surface area contributed by atoms with Crippen LogP contribution in [0.25, 0.3) is 5.78 Å². The standard InChI is InChI=1S/C13H16ClN7/c1-8-11(14)19-13-16-7-18-21(13)12(8)15-5-3-4-10-6-17-20-9(10)2/h6-7,15H,3-5H2,1-2H3,(H,17,20). The number of aromatic nitrogens is 6. The van der Waals surface area contributed by atoms with Gasteiger partial charge in [-0.15, -0.1) is 0 Å². The predicted octanol–water partition coefficient (Wildman–Crippen LogP) is 2.16. The number of fused-ring (bicyclic) bond motifs is 1. The van der Waals surface area contributed by atoms with Gasteiger partial charge in [0.25, 0.3) is 5.78 Å². The van der Waals surface area contributed by atoms with Crippen LogP contribution in [-0.2, 0) is 6.42 Å². The minimum Gasteiger partial charge on any atom is -0.370 e. The van der Waals surface area contributed by atoms with E-state index in [2.05, 4.69) is 30.6 Å². The SMILES string of the molecule is Cc1[nH]ncc1CCCNc1c(C)c(Cl)nc2ncnn12. The summed E-state index contributed by atoms with van der Waals surface area (Å²) in [4.78, 5) is 8.24. The lowest BCUT2D eigenvalue weighted by Gasteiger charge is -2.11. The van der Waals surface area contributed by atoms with Crippen LogP contribution in [0, 0.1) is 13.8 Å². The topological polar surface area (TPSA) is 83.8 Å². The van der Waals surface area contributed by atoms with Gasteiger partial charge in [-0.3, -0.25) is 5.10 Å². The van der Waals surface area contributed by atoms with E-state index >= 15 is 0 Å². The molecule has 0 saturated carbocycles. The van der Waals surface area contributed by atoms with Crippen molar-refractivity contribution in [3.05, 3.63) is 34.5 Å². The highest BCUT2D eigenvalue weighted by Gasteiger charge is 2.11. The molecule has 0 spiro atoms. The summed E-state index contributed by atoms with van der Waals surface area (Å²) in [6, 6.07) is 0. The maximum Gasteiger partial charge on any atom is 0.255 e. The van der Waals surface area contributed by atoms with Crippen LogP contribution in [-0.4, -0.2) is 36.3 Å². The number of halogens is 1. The van der Waals surface area contributed by atoms with Crippen molar-refractivity contribution >= 4 is 23.2 Å². The summed E-state index contributed by atoms with van der Waals surface area (Å²) >= 11 is 6.12. The number of hydrogen-bond donors (Lipinski definition) is 2. The normalized spacial score (nSPS) is 11.2. The number of hydrogen-bond acceptors (Lipinski definition) is 5. The molecule has 8 heteroatoms. The van der Waals surface area contributed by atoms with Crippen molar-refractivity contribution in [1.29, 1.82) is 0 Å². The van der Waals surface area contributed by atoms with Crippen LogP contribution in [0.5, 0.6) is 0 Å². The Balaban J connectivity index is 1.69. The van der Waals surface area contributed by atoms with Crippen molar-refractivity contribution in [2.75, 3.05) is 11.9 Å². The van der Waals surface area contributed by atoms with Crippen LogP contribution in [0.4, 0.5) is 5.82 Å². The molecule has 3 heterocycles. The van der Waals surface area contributed by atoms with Crippen molar-refractivity contribution in [2.45, 2.75) is 26.7 Å². The summed E-state index contributed by atoms with van der Waals surface area (Å²) in [5.74, 6) is 1.34. The van der Waals surface area contributed by atoms with E-state index in [1.54, 1.807) is 4.52 Å². The molecule has 0 saturated heterocycles. The zero-order chi connectivity index (χ0) is 14.8. The van der Waals surface area contributed by atoms with Gasteiger partial charge in [0.1, 0.15) is 17.3 Å². The molecule has 110 valence electrons. The van der Waals surface area contributed by atoms with E-state index < -0.39 is 0 Å². The van der Waals surface area contributed by atoms with Crippen LogP contribution in [0.3, 0.4) is 0 Å². The number of nitrogens with zero attached hydrogens (tertiary/aromatic N) is 5. The molecule has 0 fully saturated rings. The second-order valence-corrected chi connectivity index (χ2v) is 5.26. The second-order valence-electron chi connectivity index (χ2n) is 4.90. The lowest BCUT2D eigenvalue weighted by molar-refractivity contribution is 0.835. The number of anilines is 1. The fraction of sp³-hybridized carbons (Fsp3) is 0.385. The molecule has 0 aliphatic carbocycles. The van der Waals surface area contributed by atoms with Crippen LogP contribution in [0.2, 0.25) is 5.15 Å². The van der Waals surface area contributed by atoms with Crippen molar-refractivity contribution in [1.82, 2.24) is 29.8 Å². The first kappa shape index (κ1) is 13.8. The maximum atomic E-state index is 6.12.